The number of fused-ring (bicyclic) bond motifs is 2. The van der Waals surface area contributed by atoms with Crippen LogP contribution in [0, 0.1) is 17.1 Å². The molecule has 0 bridgehead atoms. The van der Waals surface area contributed by atoms with Crippen LogP contribution in [0.2, 0.25) is 0 Å². The Morgan fingerprint density at radius 1 is 1.00 bits per heavy atom. The number of nitrogens with zero attached hydrogens (tertiary/aromatic N) is 1. The van der Waals surface area contributed by atoms with Gasteiger partial charge in [0.05, 0.1) is 12.5 Å². The van der Waals surface area contributed by atoms with Gasteiger partial charge in [-0.2, -0.15) is 5.26 Å². The molecule has 0 fully saturated rings. The minimum atomic E-state index is -0.492. The van der Waals surface area contributed by atoms with E-state index in [2.05, 4.69) is 6.07 Å². The molecule has 0 radical (unpaired) electrons. The van der Waals surface area contributed by atoms with Crippen LogP contribution in [0.3, 0.4) is 0 Å². The average Bonchev–Trinajstić information content (AvgIpc) is 3.29. The van der Waals surface area contributed by atoms with Crippen LogP contribution >= 0.6 is 0 Å². The molecule has 3 aromatic carbocycles. The maximum Gasteiger partial charge on any atom is 0.231 e. The van der Waals surface area contributed by atoms with E-state index in [9.17, 15) is 9.65 Å². The summed E-state index contributed by atoms with van der Waals surface area (Å²) in [6.45, 7) is 2.66. The van der Waals surface area contributed by atoms with Gasteiger partial charge in [-0.05, 0) is 48.4 Å². The number of nitriles is 1. The standard InChI is InChI=1S/C26H21FN2O5/c1-2-30-22-9-16(5-8-20(22)31-13-15-3-6-17(27)7-4-15)25-18-10-23-24(33-14-32-23)11-21(18)34-26(29)19(25)12-28/h3-11,25H,2,13-14,29H2,1H3/t25-/m0/s1. The van der Waals surface area contributed by atoms with Crippen molar-refractivity contribution in [3.8, 4) is 34.8 Å². The minimum absolute atomic E-state index is 0.0356. The van der Waals surface area contributed by atoms with Crippen LogP contribution in [-0.2, 0) is 6.61 Å². The summed E-state index contributed by atoms with van der Waals surface area (Å²) < 4.78 is 41.7. The lowest BCUT2D eigenvalue weighted by molar-refractivity contribution is 0.174. The molecule has 0 amide bonds. The molecule has 172 valence electrons. The van der Waals surface area contributed by atoms with E-state index in [0.29, 0.717) is 35.4 Å². The molecule has 2 N–H and O–H groups in total. The van der Waals surface area contributed by atoms with E-state index < -0.39 is 5.92 Å². The van der Waals surface area contributed by atoms with Gasteiger partial charge < -0.3 is 29.4 Å². The Kier molecular flexibility index (Phi) is 5.60. The highest BCUT2D eigenvalue weighted by Gasteiger charge is 2.33. The molecule has 34 heavy (non-hydrogen) atoms. The molecule has 2 heterocycles. The van der Waals surface area contributed by atoms with Gasteiger partial charge in [0.15, 0.2) is 23.0 Å². The first-order valence-electron chi connectivity index (χ1n) is 10.7. The maximum absolute atomic E-state index is 13.2. The fourth-order valence-electron chi connectivity index (χ4n) is 4.02. The third-order valence-electron chi connectivity index (χ3n) is 5.62. The predicted octanol–water partition coefficient (Wildman–Crippen LogP) is 4.75. The highest BCUT2D eigenvalue weighted by molar-refractivity contribution is 5.62. The van der Waals surface area contributed by atoms with E-state index in [1.54, 1.807) is 24.3 Å². The summed E-state index contributed by atoms with van der Waals surface area (Å²) in [6, 6.07) is 17.3. The monoisotopic (exact) mass is 460 g/mol. The number of hydrogen-bond donors (Lipinski definition) is 1. The molecule has 0 saturated heterocycles. The Bertz CT molecular complexity index is 1310. The van der Waals surface area contributed by atoms with Crippen LogP contribution in [-0.4, -0.2) is 13.4 Å². The van der Waals surface area contributed by atoms with Crippen molar-refractivity contribution in [1.29, 1.82) is 5.26 Å². The second-order valence-corrected chi connectivity index (χ2v) is 7.72. The molecule has 1 atom stereocenters. The smallest absolute Gasteiger partial charge is 0.231 e. The normalized spacial score (nSPS) is 15.9. The molecular formula is C26H21FN2O5. The third kappa shape index (κ3) is 3.92. The zero-order valence-electron chi connectivity index (χ0n) is 18.3. The van der Waals surface area contributed by atoms with Crippen molar-refractivity contribution in [3.63, 3.8) is 0 Å². The van der Waals surface area contributed by atoms with Crippen LogP contribution in [0.1, 0.15) is 29.5 Å². The first-order chi connectivity index (χ1) is 16.6. The fourth-order valence-corrected chi connectivity index (χ4v) is 4.02. The second kappa shape index (κ2) is 8.87. The SMILES string of the molecule is CCOc1cc([C@@H]2C(C#N)=C(N)Oc3cc4c(cc32)OCO4)ccc1OCc1ccc(F)cc1. The predicted molar refractivity (Wildman–Crippen MR) is 120 cm³/mol. The molecule has 3 aromatic rings. The molecule has 7 nitrogen and oxygen atoms in total. The highest BCUT2D eigenvalue weighted by Crippen LogP contribution is 2.48. The van der Waals surface area contributed by atoms with Gasteiger partial charge >= 0.3 is 0 Å². The number of allylic oxidation sites excluding steroid dienone is 1. The van der Waals surface area contributed by atoms with Crippen LogP contribution in [0.15, 0.2) is 66.1 Å². The molecule has 2 aliphatic rings. The number of rotatable bonds is 6. The lowest BCUT2D eigenvalue weighted by Gasteiger charge is -2.27. The van der Waals surface area contributed by atoms with Crippen molar-refractivity contribution >= 4 is 0 Å². The molecular weight excluding hydrogens is 439 g/mol. The van der Waals surface area contributed by atoms with E-state index >= 15 is 0 Å². The third-order valence-corrected chi connectivity index (χ3v) is 5.62. The largest absolute Gasteiger partial charge is 0.490 e. The van der Waals surface area contributed by atoms with Crippen molar-refractivity contribution < 1.29 is 28.1 Å². The highest BCUT2D eigenvalue weighted by atomic mass is 19.1. The molecule has 0 aromatic heterocycles. The molecule has 0 saturated carbocycles. The molecule has 0 spiro atoms. The Labute approximate surface area is 195 Å². The lowest BCUT2D eigenvalue weighted by Crippen LogP contribution is -2.21. The van der Waals surface area contributed by atoms with Gasteiger partial charge in [0, 0.05) is 11.6 Å². The number of hydrogen-bond acceptors (Lipinski definition) is 7. The maximum atomic E-state index is 13.2. The Balaban J connectivity index is 1.52. The van der Waals surface area contributed by atoms with Crippen LogP contribution in [0.25, 0.3) is 0 Å². The van der Waals surface area contributed by atoms with Crippen LogP contribution < -0.4 is 29.4 Å². The van der Waals surface area contributed by atoms with E-state index in [1.165, 1.54) is 12.1 Å². The van der Waals surface area contributed by atoms with Gasteiger partial charge in [0.2, 0.25) is 12.7 Å². The fraction of sp³-hybridized carbons (Fsp3) is 0.192. The zero-order chi connectivity index (χ0) is 23.7. The van der Waals surface area contributed by atoms with Gasteiger partial charge in [-0.25, -0.2) is 4.39 Å². The minimum Gasteiger partial charge on any atom is -0.490 e. The van der Waals surface area contributed by atoms with Gasteiger partial charge in [0.1, 0.15) is 29.8 Å². The van der Waals surface area contributed by atoms with Crippen molar-refractivity contribution in [2.75, 3.05) is 13.4 Å². The summed E-state index contributed by atoms with van der Waals surface area (Å²) in [5.41, 5.74) is 8.73. The topological polar surface area (TPSA) is 96.0 Å². The Morgan fingerprint density at radius 2 is 1.76 bits per heavy atom. The zero-order valence-corrected chi connectivity index (χ0v) is 18.3. The summed E-state index contributed by atoms with van der Waals surface area (Å²) in [7, 11) is 0. The van der Waals surface area contributed by atoms with Crippen molar-refractivity contribution in [2.24, 2.45) is 5.73 Å². The number of halogens is 1. The van der Waals surface area contributed by atoms with Gasteiger partial charge in [-0.1, -0.05) is 18.2 Å². The average molecular weight is 460 g/mol. The number of ether oxygens (including phenoxy) is 5. The van der Waals surface area contributed by atoms with E-state index in [0.717, 1.165) is 16.7 Å². The summed E-state index contributed by atoms with van der Waals surface area (Å²) in [5.74, 6) is 1.93. The summed E-state index contributed by atoms with van der Waals surface area (Å²) in [4.78, 5) is 0. The summed E-state index contributed by atoms with van der Waals surface area (Å²) in [5, 5.41) is 9.86. The van der Waals surface area contributed by atoms with Gasteiger partial charge in [-0.15, -0.1) is 0 Å². The molecule has 5 rings (SSSR count). The van der Waals surface area contributed by atoms with Crippen LogP contribution in [0.4, 0.5) is 4.39 Å². The second-order valence-electron chi connectivity index (χ2n) is 7.72. The van der Waals surface area contributed by atoms with Gasteiger partial charge in [0.25, 0.3) is 0 Å². The number of nitrogens with two attached hydrogens (primary N) is 1. The first-order valence-corrected chi connectivity index (χ1v) is 10.7. The quantitative estimate of drug-likeness (QED) is 0.567. The van der Waals surface area contributed by atoms with Crippen molar-refractivity contribution in [1.82, 2.24) is 0 Å². The molecule has 8 heteroatoms. The van der Waals surface area contributed by atoms with Gasteiger partial charge in [-0.3, -0.25) is 0 Å². The Morgan fingerprint density at radius 3 is 2.50 bits per heavy atom. The van der Waals surface area contributed by atoms with E-state index in [-0.39, 0.29) is 30.7 Å². The lowest BCUT2D eigenvalue weighted by atomic mass is 9.83. The Hall–Kier alpha value is -4.38. The van der Waals surface area contributed by atoms with E-state index in [1.807, 2.05) is 25.1 Å². The number of benzene rings is 3. The van der Waals surface area contributed by atoms with Crippen LogP contribution in [0.5, 0.6) is 28.7 Å². The summed E-state index contributed by atoms with van der Waals surface area (Å²) >= 11 is 0. The van der Waals surface area contributed by atoms with Crippen molar-refractivity contribution in [3.05, 3.63) is 88.6 Å². The molecule has 0 aliphatic carbocycles. The van der Waals surface area contributed by atoms with Crippen molar-refractivity contribution in [2.45, 2.75) is 19.4 Å². The summed E-state index contributed by atoms with van der Waals surface area (Å²) in [6.07, 6.45) is 0. The molecule has 2 aliphatic heterocycles. The molecule has 0 unspecified atom stereocenters. The first kappa shape index (κ1) is 21.5. The van der Waals surface area contributed by atoms with E-state index in [4.69, 9.17) is 29.4 Å².